The fourth-order valence-electron chi connectivity index (χ4n) is 3.35. The molecule has 31 heavy (non-hydrogen) atoms. The van der Waals surface area contributed by atoms with Crippen LogP contribution in [0.4, 0.5) is 0 Å². The number of aliphatic hydroxyl groups is 4. The largest absolute Gasteiger partial charge is 0.480 e. The highest BCUT2D eigenvalue weighted by molar-refractivity contribution is 5.72. The summed E-state index contributed by atoms with van der Waals surface area (Å²) in [7, 11) is 0. The van der Waals surface area contributed by atoms with Crippen LogP contribution in [0.1, 0.15) is 11.1 Å². The van der Waals surface area contributed by atoms with E-state index in [4.69, 9.17) is 19.3 Å². The highest BCUT2D eigenvalue weighted by Gasteiger charge is 2.44. The Balaban J connectivity index is 1.85. The number of hydrogen-bond acceptors (Lipinski definition) is 8. The number of ether oxygens (including phenoxy) is 3. The SMILES string of the molecule is Cc1ccc(O[C@H]2O[C@H](CO)[C@@H](O)[C@H](O)[C@@H]2O)c(-c2cccc(COCC(=O)O)c2)c1. The first kappa shape index (κ1) is 23.1. The molecule has 0 aliphatic carbocycles. The van der Waals surface area contributed by atoms with Crippen molar-refractivity contribution < 1.29 is 44.5 Å². The van der Waals surface area contributed by atoms with Crippen molar-refractivity contribution in [2.45, 2.75) is 44.2 Å². The lowest BCUT2D eigenvalue weighted by molar-refractivity contribution is -0.277. The third kappa shape index (κ3) is 5.59. The van der Waals surface area contributed by atoms with Crippen LogP contribution in [0.2, 0.25) is 0 Å². The molecule has 0 spiro atoms. The van der Waals surface area contributed by atoms with Crippen molar-refractivity contribution in [1.82, 2.24) is 0 Å². The standard InChI is InChI=1S/C22H26O9/c1-12-5-6-16(30-22-21(28)20(27)19(26)17(9-23)31-22)15(7-12)14-4-2-3-13(8-14)10-29-11-18(24)25/h2-8,17,19-23,26-28H,9-11H2,1H3,(H,24,25)/t17-,19-,20+,21+,22+/m1/s1. The molecule has 0 unspecified atom stereocenters. The number of benzene rings is 2. The molecule has 5 atom stereocenters. The average molecular weight is 434 g/mol. The molecule has 1 saturated heterocycles. The summed E-state index contributed by atoms with van der Waals surface area (Å²) in [6.45, 7) is 1.07. The summed E-state index contributed by atoms with van der Waals surface area (Å²) in [5.41, 5.74) is 3.15. The topological polar surface area (TPSA) is 146 Å². The summed E-state index contributed by atoms with van der Waals surface area (Å²) in [4.78, 5) is 10.6. The Morgan fingerprint density at radius 1 is 1.06 bits per heavy atom. The molecule has 1 heterocycles. The zero-order chi connectivity index (χ0) is 22.5. The van der Waals surface area contributed by atoms with Crippen LogP contribution in [0, 0.1) is 6.92 Å². The Kier molecular flexibility index (Phi) is 7.60. The van der Waals surface area contributed by atoms with Crippen LogP contribution >= 0.6 is 0 Å². The molecule has 0 saturated carbocycles. The molecular formula is C22H26O9. The fraction of sp³-hybridized carbons (Fsp3) is 0.409. The van der Waals surface area contributed by atoms with Gasteiger partial charge in [0.2, 0.25) is 6.29 Å². The number of hydrogen-bond donors (Lipinski definition) is 5. The summed E-state index contributed by atoms with van der Waals surface area (Å²) in [5.74, 6) is -0.691. The van der Waals surface area contributed by atoms with Crippen LogP contribution in [0.3, 0.4) is 0 Å². The van der Waals surface area contributed by atoms with E-state index in [2.05, 4.69) is 0 Å². The first-order chi connectivity index (χ1) is 14.8. The van der Waals surface area contributed by atoms with Gasteiger partial charge in [0, 0.05) is 5.56 Å². The van der Waals surface area contributed by atoms with Gasteiger partial charge in [0.1, 0.15) is 36.8 Å². The predicted molar refractivity (Wildman–Crippen MR) is 108 cm³/mol. The maximum absolute atomic E-state index is 10.6. The first-order valence-electron chi connectivity index (χ1n) is 9.77. The third-order valence-electron chi connectivity index (χ3n) is 4.96. The maximum atomic E-state index is 10.6. The molecule has 9 nitrogen and oxygen atoms in total. The molecule has 168 valence electrons. The highest BCUT2D eigenvalue weighted by atomic mass is 16.7. The molecule has 0 bridgehead atoms. The number of carboxylic acids is 1. The van der Waals surface area contributed by atoms with E-state index in [0.29, 0.717) is 11.3 Å². The van der Waals surface area contributed by atoms with Gasteiger partial charge in [-0.2, -0.15) is 0 Å². The Morgan fingerprint density at radius 3 is 2.55 bits per heavy atom. The van der Waals surface area contributed by atoms with E-state index in [9.17, 15) is 25.2 Å². The normalized spacial score (nSPS) is 25.9. The molecule has 0 radical (unpaired) electrons. The van der Waals surface area contributed by atoms with Gasteiger partial charge in [0.15, 0.2) is 0 Å². The molecule has 0 aromatic heterocycles. The van der Waals surface area contributed by atoms with Crippen LogP contribution in [0.25, 0.3) is 11.1 Å². The van der Waals surface area contributed by atoms with Crippen LogP contribution in [0.5, 0.6) is 5.75 Å². The molecule has 0 amide bonds. The van der Waals surface area contributed by atoms with Crippen LogP contribution < -0.4 is 4.74 Å². The van der Waals surface area contributed by atoms with Crippen LogP contribution in [-0.4, -0.2) is 75.4 Å². The molecule has 9 heteroatoms. The lowest BCUT2D eigenvalue weighted by Gasteiger charge is -2.39. The molecule has 2 aromatic rings. The number of aliphatic carboxylic acids is 1. The molecule has 1 aliphatic rings. The van der Waals surface area contributed by atoms with Crippen molar-refractivity contribution in [2.24, 2.45) is 0 Å². The lowest BCUT2D eigenvalue weighted by atomic mass is 9.98. The number of carboxylic acid groups (broad SMARTS) is 1. The van der Waals surface area contributed by atoms with Crippen molar-refractivity contribution in [3.05, 3.63) is 53.6 Å². The number of carbonyl (C=O) groups is 1. The summed E-state index contributed by atoms with van der Waals surface area (Å²) < 4.78 is 16.4. The van der Waals surface area contributed by atoms with E-state index in [1.165, 1.54) is 0 Å². The molecule has 5 N–H and O–H groups in total. The fourth-order valence-corrected chi connectivity index (χ4v) is 3.35. The van der Waals surface area contributed by atoms with Gasteiger partial charge in [0.05, 0.1) is 13.2 Å². The van der Waals surface area contributed by atoms with Crippen molar-refractivity contribution in [3.63, 3.8) is 0 Å². The van der Waals surface area contributed by atoms with E-state index in [1.54, 1.807) is 18.2 Å². The van der Waals surface area contributed by atoms with Crippen molar-refractivity contribution in [1.29, 1.82) is 0 Å². The highest BCUT2D eigenvalue weighted by Crippen LogP contribution is 2.34. The van der Waals surface area contributed by atoms with Gasteiger partial charge in [-0.25, -0.2) is 4.79 Å². The monoisotopic (exact) mass is 434 g/mol. The van der Waals surface area contributed by atoms with Gasteiger partial charge in [0.25, 0.3) is 0 Å². The molecular weight excluding hydrogens is 408 g/mol. The molecule has 2 aromatic carbocycles. The number of aryl methyl sites for hydroxylation is 1. The smallest absolute Gasteiger partial charge is 0.329 e. The molecule has 1 fully saturated rings. The molecule has 3 rings (SSSR count). The molecule has 1 aliphatic heterocycles. The van der Waals surface area contributed by atoms with E-state index in [0.717, 1.165) is 16.7 Å². The van der Waals surface area contributed by atoms with E-state index in [-0.39, 0.29) is 6.61 Å². The zero-order valence-corrected chi connectivity index (χ0v) is 16.9. The lowest BCUT2D eigenvalue weighted by Crippen LogP contribution is -2.60. The van der Waals surface area contributed by atoms with Gasteiger partial charge >= 0.3 is 5.97 Å². The third-order valence-corrected chi connectivity index (χ3v) is 4.96. The Bertz CT molecular complexity index is 898. The van der Waals surface area contributed by atoms with Crippen molar-refractivity contribution in [2.75, 3.05) is 13.2 Å². The average Bonchev–Trinajstić information content (AvgIpc) is 2.75. The van der Waals surface area contributed by atoms with Crippen LogP contribution in [-0.2, 0) is 20.9 Å². The minimum atomic E-state index is -1.54. The second-order valence-corrected chi connectivity index (χ2v) is 7.40. The Hall–Kier alpha value is -2.53. The summed E-state index contributed by atoms with van der Waals surface area (Å²) in [6.07, 6.45) is -6.92. The van der Waals surface area contributed by atoms with Gasteiger partial charge in [-0.1, -0.05) is 29.8 Å². The Labute approximate surface area is 179 Å². The maximum Gasteiger partial charge on any atom is 0.329 e. The summed E-state index contributed by atoms with van der Waals surface area (Å²) >= 11 is 0. The van der Waals surface area contributed by atoms with Gasteiger partial charge < -0.3 is 39.7 Å². The zero-order valence-electron chi connectivity index (χ0n) is 16.9. The second-order valence-electron chi connectivity index (χ2n) is 7.40. The quantitative estimate of drug-likeness (QED) is 0.399. The van der Waals surface area contributed by atoms with E-state index < -0.39 is 49.9 Å². The van der Waals surface area contributed by atoms with Crippen LogP contribution in [0.15, 0.2) is 42.5 Å². The first-order valence-corrected chi connectivity index (χ1v) is 9.77. The minimum absolute atomic E-state index is 0.120. The van der Waals surface area contributed by atoms with Gasteiger partial charge in [-0.3, -0.25) is 0 Å². The van der Waals surface area contributed by atoms with E-state index in [1.807, 2.05) is 31.2 Å². The van der Waals surface area contributed by atoms with E-state index >= 15 is 0 Å². The second kappa shape index (κ2) is 10.2. The van der Waals surface area contributed by atoms with Crippen molar-refractivity contribution >= 4 is 5.97 Å². The Morgan fingerprint density at radius 2 is 1.84 bits per heavy atom. The summed E-state index contributed by atoms with van der Waals surface area (Å²) in [5, 5.41) is 48.3. The summed E-state index contributed by atoms with van der Waals surface area (Å²) in [6, 6.07) is 12.7. The van der Waals surface area contributed by atoms with Gasteiger partial charge in [-0.15, -0.1) is 0 Å². The minimum Gasteiger partial charge on any atom is -0.480 e. The van der Waals surface area contributed by atoms with Crippen molar-refractivity contribution in [3.8, 4) is 16.9 Å². The van der Waals surface area contributed by atoms with Gasteiger partial charge in [-0.05, 0) is 36.2 Å². The number of rotatable bonds is 8. The predicted octanol–water partition coefficient (Wildman–Crippen LogP) is 0.442. The number of aliphatic hydroxyl groups excluding tert-OH is 4.